The zero-order valence-electron chi connectivity index (χ0n) is 12.9. The molecule has 0 radical (unpaired) electrons. The van der Waals surface area contributed by atoms with Gasteiger partial charge in [-0.1, -0.05) is 6.92 Å². The summed E-state index contributed by atoms with van der Waals surface area (Å²) < 4.78 is 5.78. The van der Waals surface area contributed by atoms with Crippen LogP contribution in [0.2, 0.25) is 0 Å². The Balaban J connectivity index is 1.65. The molecule has 2 aromatic rings. The van der Waals surface area contributed by atoms with Gasteiger partial charge in [-0.15, -0.1) is 0 Å². The number of hydrogen-bond donors (Lipinski definition) is 2. The Bertz CT molecular complexity index is 644. The predicted octanol–water partition coefficient (Wildman–Crippen LogP) is 3.01. The highest BCUT2D eigenvalue weighted by Gasteiger charge is 2.28. The highest BCUT2D eigenvalue weighted by Crippen LogP contribution is 2.40. The van der Waals surface area contributed by atoms with Crippen molar-refractivity contribution < 1.29 is 9.21 Å². The van der Waals surface area contributed by atoms with E-state index in [4.69, 9.17) is 4.42 Å². The maximum atomic E-state index is 12.0. The summed E-state index contributed by atoms with van der Waals surface area (Å²) in [6.45, 7) is 2.56. The summed E-state index contributed by atoms with van der Waals surface area (Å²) in [6, 6.07) is 7.66. The van der Waals surface area contributed by atoms with E-state index in [0.717, 1.165) is 22.9 Å². The first-order valence-corrected chi connectivity index (χ1v) is 7.69. The Kier molecular flexibility index (Phi) is 4.24. The van der Waals surface area contributed by atoms with Crippen LogP contribution in [0.5, 0.6) is 0 Å². The first kappa shape index (κ1) is 14.8. The molecule has 1 aliphatic rings. The number of hydrogen-bond acceptors (Lipinski definition) is 4. The fraction of sp³-hybridized carbons (Fsp3) is 0.412. The molecule has 1 aromatic heterocycles. The fourth-order valence-electron chi connectivity index (χ4n) is 2.32. The van der Waals surface area contributed by atoms with Gasteiger partial charge >= 0.3 is 0 Å². The van der Waals surface area contributed by atoms with Gasteiger partial charge in [-0.25, -0.2) is 4.98 Å². The molecule has 1 atom stereocenters. The average molecular weight is 299 g/mol. The number of amides is 1. The zero-order chi connectivity index (χ0) is 15.5. The number of carbonyl (C=O) groups excluding carboxylic acids is 1. The lowest BCUT2D eigenvalue weighted by atomic mass is 10.1. The van der Waals surface area contributed by atoms with Crippen molar-refractivity contribution >= 4 is 11.6 Å². The van der Waals surface area contributed by atoms with Crippen LogP contribution in [0.4, 0.5) is 5.69 Å². The highest BCUT2D eigenvalue weighted by atomic mass is 16.4. The standard InChI is InChI=1S/C17H21N3O2/c1-11(9-18-2)16(21)20-14-7-5-12(6-8-14)15-10-19-17(22-15)13-3-4-13/h5-8,10-11,13,18H,3-4,9H2,1-2H3,(H,20,21). The molecule has 0 spiro atoms. The lowest BCUT2D eigenvalue weighted by molar-refractivity contribution is -0.119. The third-order valence-corrected chi connectivity index (χ3v) is 3.85. The second-order valence-corrected chi connectivity index (χ2v) is 5.86. The van der Waals surface area contributed by atoms with Gasteiger partial charge in [-0.05, 0) is 44.2 Å². The van der Waals surface area contributed by atoms with E-state index in [1.54, 1.807) is 6.20 Å². The molecule has 1 saturated carbocycles. The minimum atomic E-state index is -0.0694. The maximum Gasteiger partial charge on any atom is 0.228 e. The first-order valence-electron chi connectivity index (χ1n) is 7.69. The number of aromatic nitrogens is 1. The smallest absolute Gasteiger partial charge is 0.228 e. The monoisotopic (exact) mass is 299 g/mol. The average Bonchev–Trinajstić information content (AvgIpc) is 3.26. The molecule has 1 aromatic carbocycles. The summed E-state index contributed by atoms with van der Waals surface area (Å²) in [5.74, 6) is 2.08. The van der Waals surface area contributed by atoms with Crippen molar-refractivity contribution in [3.63, 3.8) is 0 Å². The Morgan fingerprint density at radius 3 is 2.73 bits per heavy atom. The number of carbonyl (C=O) groups is 1. The topological polar surface area (TPSA) is 67.2 Å². The summed E-state index contributed by atoms with van der Waals surface area (Å²) in [6.07, 6.45) is 4.13. The normalized spacial score (nSPS) is 15.5. The van der Waals surface area contributed by atoms with Crippen molar-refractivity contribution in [3.05, 3.63) is 36.4 Å². The van der Waals surface area contributed by atoms with Gasteiger partial charge in [0.15, 0.2) is 11.7 Å². The number of anilines is 1. The summed E-state index contributed by atoms with van der Waals surface area (Å²) >= 11 is 0. The van der Waals surface area contributed by atoms with Crippen molar-refractivity contribution in [2.75, 3.05) is 18.9 Å². The summed E-state index contributed by atoms with van der Waals surface area (Å²) in [5, 5.41) is 5.91. The number of nitrogens with zero attached hydrogens (tertiary/aromatic N) is 1. The van der Waals surface area contributed by atoms with Gasteiger partial charge in [0.1, 0.15) is 0 Å². The lowest BCUT2D eigenvalue weighted by Crippen LogP contribution is -2.28. The van der Waals surface area contributed by atoms with Crippen LogP contribution in [0.3, 0.4) is 0 Å². The van der Waals surface area contributed by atoms with Crippen LogP contribution in [0.25, 0.3) is 11.3 Å². The number of rotatable bonds is 6. The van der Waals surface area contributed by atoms with E-state index < -0.39 is 0 Å². The molecule has 1 unspecified atom stereocenters. The van der Waals surface area contributed by atoms with E-state index in [9.17, 15) is 4.79 Å². The molecule has 1 heterocycles. The third-order valence-electron chi connectivity index (χ3n) is 3.85. The van der Waals surface area contributed by atoms with E-state index in [0.29, 0.717) is 12.5 Å². The van der Waals surface area contributed by atoms with Crippen LogP contribution in [-0.2, 0) is 4.79 Å². The molecule has 5 nitrogen and oxygen atoms in total. The molecular formula is C17H21N3O2. The van der Waals surface area contributed by atoms with Crippen LogP contribution in [0.1, 0.15) is 31.6 Å². The Morgan fingerprint density at radius 2 is 2.09 bits per heavy atom. The molecule has 0 bridgehead atoms. The Labute approximate surface area is 130 Å². The molecule has 5 heteroatoms. The lowest BCUT2D eigenvalue weighted by Gasteiger charge is -2.11. The van der Waals surface area contributed by atoms with E-state index >= 15 is 0 Å². The van der Waals surface area contributed by atoms with Crippen molar-refractivity contribution in [3.8, 4) is 11.3 Å². The Hall–Kier alpha value is -2.14. The molecule has 0 aliphatic heterocycles. The van der Waals surface area contributed by atoms with Crippen molar-refractivity contribution in [1.29, 1.82) is 0 Å². The van der Waals surface area contributed by atoms with Crippen LogP contribution in [0, 0.1) is 5.92 Å². The SMILES string of the molecule is CNCC(C)C(=O)Nc1ccc(-c2cnc(C3CC3)o2)cc1. The molecule has 116 valence electrons. The van der Waals surface area contributed by atoms with Crippen molar-refractivity contribution in [2.45, 2.75) is 25.7 Å². The number of benzene rings is 1. The fourth-order valence-corrected chi connectivity index (χ4v) is 2.32. The first-order chi connectivity index (χ1) is 10.7. The van der Waals surface area contributed by atoms with Crippen LogP contribution in [0.15, 0.2) is 34.9 Å². The van der Waals surface area contributed by atoms with E-state index in [2.05, 4.69) is 15.6 Å². The molecule has 1 fully saturated rings. The molecule has 2 N–H and O–H groups in total. The van der Waals surface area contributed by atoms with Crippen molar-refractivity contribution in [1.82, 2.24) is 10.3 Å². The van der Waals surface area contributed by atoms with Crippen LogP contribution in [-0.4, -0.2) is 24.5 Å². The minimum Gasteiger partial charge on any atom is -0.440 e. The second-order valence-electron chi connectivity index (χ2n) is 5.86. The van der Waals surface area contributed by atoms with Gasteiger partial charge in [-0.2, -0.15) is 0 Å². The summed E-state index contributed by atoms with van der Waals surface area (Å²) in [4.78, 5) is 16.3. The van der Waals surface area contributed by atoms with Gasteiger partial charge in [0.25, 0.3) is 0 Å². The van der Waals surface area contributed by atoms with Gasteiger partial charge < -0.3 is 15.1 Å². The van der Waals surface area contributed by atoms with Gasteiger partial charge in [0.2, 0.25) is 5.91 Å². The predicted molar refractivity (Wildman–Crippen MR) is 85.6 cm³/mol. The minimum absolute atomic E-state index is 0.0118. The van der Waals surface area contributed by atoms with Crippen LogP contribution < -0.4 is 10.6 Å². The maximum absolute atomic E-state index is 12.0. The van der Waals surface area contributed by atoms with Crippen molar-refractivity contribution in [2.24, 2.45) is 5.92 Å². The quantitative estimate of drug-likeness (QED) is 0.860. The molecule has 1 amide bonds. The van der Waals surface area contributed by atoms with Gasteiger partial charge in [0, 0.05) is 29.6 Å². The van der Waals surface area contributed by atoms with Crippen LogP contribution >= 0.6 is 0 Å². The summed E-state index contributed by atoms with van der Waals surface area (Å²) in [5.41, 5.74) is 1.76. The van der Waals surface area contributed by atoms with E-state index in [1.807, 2.05) is 38.2 Å². The molecular weight excluding hydrogens is 278 g/mol. The van der Waals surface area contributed by atoms with Gasteiger partial charge in [0.05, 0.1) is 6.20 Å². The number of oxazole rings is 1. The largest absolute Gasteiger partial charge is 0.440 e. The van der Waals surface area contributed by atoms with E-state index in [1.165, 1.54) is 12.8 Å². The third kappa shape index (κ3) is 3.36. The highest BCUT2D eigenvalue weighted by molar-refractivity contribution is 5.92. The Morgan fingerprint density at radius 1 is 1.36 bits per heavy atom. The van der Waals surface area contributed by atoms with Gasteiger partial charge in [-0.3, -0.25) is 4.79 Å². The molecule has 22 heavy (non-hydrogen) atoms. The zero-order valence-corrected chi connectivity index (χ0v) is 12.9. The molecule has 0 saturated heterocycles. The molecule has 1 aliphatic carbocycles. The second kappa shape index (κ2) is 6.32. The number of nitrogens with one attached hydrogen (secondary N) is 2. The van der Waals surface area contributed by atoms with E-state index in [-0.39, 0.29) is 11.8 Å². The summed E-state index contributed by atoms with van der Waals surface area (Å²) in [7, 11) is 1.84. The molecule has 3 rings (SSSR count).